The molecule has 21 heavy (non-hydrogen) atoms. The molecule has 1 aromatic heterocycles. The van der Waals surface area contributed by atoms with Gasteiger partial charge in [0.2, 0.25) is 11.4 Å². The van der Waals surface area contributed by atoms with Crippen molar-refractivity contribution in [2.45, 2.75) is 25.1 Å². The monoisotopic (exact) mass is 309 g/mol. The van der Waals surface area contributed by atoms with Crippen molar-refractivity contribution >= 4 is 11.9 Å². The van der Waals surface area contributed by atoms with Crippen molar-refractivity contribution in [2.24, 2.45) is 0 Å². The average Bonchev–Trinajstić information content (AvgIpc) is 2.24. The van der Waals surface area contributed by atoms with Gasteiger partial charge in [0.25, 0.3) is 5.56 Å². The van der Waals surface area contributed by atoms with E-state index in [-0.39, 0.29) is 12.6 Å². The molecule has 1 heterocycles. The number of aliphatic carboxylic acids is 1. The molecule has 1 amide bonds. The number of H-pyrrole nitrogens is 2. The highest BCUT2D eigenvalue weighted by molar-refractivity contribution is 5.88. The molecule has 0 saturated carbocycles. The predicted molar refractivity (Wildman–Crippen MR) is 61.6 cm³/mol. The van der Waals surface area contributed by atoms with E-state index in [1.807, 2.05) is 4.98 Å². The maximum Gasteiger partial charge on any atom is 0.422 e. The first-order chi connectivity index (χ1) is 9.45. The third-order valence-corrected chi connectivity index (χ3v) is 2.55. The number of hydrogen-bond donors (Lipinski definition) is 4. The minimum atomic E-state index is -5.23. The van der Waals surface area contributed by atoms with Gasteiger partial charge in [-0.25, -0.2) is 9.59 Å². The van der Waals surface area contributed by atoms with Gasteiger partial charge in [0.15, 0.2) is 0 Å². The van der Waals surface area contributed by atoms with Gasteiger partial charge in [0.05, 0.1) is 6.42 Å². The highest BCUT2D eigenvalue weighted by Crippen LogP contribution is 2.30. The second-order valence-electron chi connectivity index (χ2n) is 4.27. The first kappa shape index (κ1) is 16.5. The molecule has 1 unspecified atom stereocenters. The predicted octanol–water partition coefficient (Wildman–Crippen LogP) is -0.872. The van der Waals surface area contributed by atoms with Crippen molar-refractivity contribution in [1.29, 1.82) is 0 Å². The fourth-order valence-electron chi connectivity index (χ4n) is 1.36. The van der Waals surface area contributed by atoms with Gasteiger partial charge in [-0.05, 0) is 6.92 Å². The normalized spacial score (nSPS) is 14.3. The highest BCUT2D eigenvalue weighted by atomic mass is 19.4. The zero-order valence-corrected chi connectivity index (χ0v) is 10.5. The van der Waals surface area contributed by atoms with Crippen LogP contribution in [-0.2, 0) is 16.0 Å². The molecule has 0 aliphatic rings. The summed E-state index contributed by atoms with van der Waals surface area (Å²) in [5, 5.41) is 9.95. The third-order valence-electron chi connectivity index (χ3n) is 2.55. The summed E-state index contributed by atoms with van der Waals surface area (Å²) in [6.45, 7) is 0.285. The van der Waals surface area contributed by atoms with E-state index in [2.05, 4.69) is 0 Å². The zero-order valence-electron chi connectivity index (χ0n) is 10.5. The zero-order chi connectivity index (χ0) is 16.4. The number of alkyl halides is 3. The lowest BCUT2D eigenvalue weighted by Crippen LogP contribution is -2.62. The molecular formula is C10H10F3N3O5. The first-order valence-corrected chi connectivity index (χ1v) is 5.39. The van der Waals surface area contributed by atoms with Crippen LogP contribution in [0.4, 0.5) is 13.2 Å². The van der Waals surface area contributed by atoms with Crippen LogP contribution in [0.3, 0.4) is 0 Å². The lowest BCUT2D eigenvalue weighted by atomic mass is 10.0. The van der Waals surface area contributed by atoms with Crippen LogP contribution in [0, 0.1) is 0 Å². The number of carbonyl (C=O) groups is 2. The molecule has 0 aliphatic carbocycles. The Bertz CT molecular complexity index is 649. The fraction of sp³-hybridized carbons (Fsp3) is 0.400. The van der Waals surface area contributed by atoms with Crippen molar-refractivity contribution in [1.82, 2.24) is 15.3 Å². The highest BCUT2D eigenvalue weighted by Gasteiger charge is 2.58. The van der Waals surface area contributed by atoms with Gasteiger partial charge >= 0.3 is 17.8 Å². The van der Waals surface area contributed by atoms with Gasteiger partial charge in [-0.1, -0.05) is 0 Å². The van der Waals surface area contributed by atoms with Gasteiger partial charge in [-0.15, -0.1) is 0 Å². The Morgan fingerprint density at radius 2 is 1.86 bits per heavy atom. The Hall–Kier alpha value is -2.59. The van der Waals surface area contributed by atoms with Crippen LogP contribution in [0.1, 0.15) is 12.6 Å². The van der Waals surface area contributed by atoms with Crippen LogP contribution in [-0.4, -0.2) is 38.7 Å². The topological polar surface area (TPSA) is 132 Å². The lowest BCUT2D eigenvalue weighted by Gasteiger charge is -2.28. The van der Waals surface area contributed by atoms with E-state index in [9.17, 15) is 32.3 Å². The van der Waals surface area contributed by atoms with E-state index in [0.717, 1.165) is 6.07 Å². The molecule has 0 aliphatic heterocycles. The number of hydrogen-bond acceptors (Lipinski definition) is 4. The molecule has 0 spiro atoms. The number of carboxylic acids is 1. The number of amides is 1. The van der Waals surface area contributed by atoms with Crippen LogP contribution in [0.2, 0.25) is 0 Å². The molecule has 0 saturated heterocycles. The molecule has 1 atom stereocenters. The Morgan fingerprint density at radius 1 is 1.29 bits per heavy atom. The molecule has 0 fully saturated rings. The fourth-order valence-corrected chi connectivity index (χ4v) is 1.36. The minimum Gasteiger partial charge on any atom is -0.479 e. The third kappa shape index (κ3) is 3.70. The van der Waals surface area contributed by atoms with E-state index in [0.29, 0.717) is 0 Å². The summed E-state index contributed by atoms with van der Waals surface area (Å²) in [6, 6.07) is 0.798. The smallest absolute Gasteiger partial charge is 0.422 e. The summed E-state index contributed by atoms with van der Waals surface area (Å²) in [6.07, 6.45) is -6.02. The number of carbonyl (C=O) groups excluding carboxylic acids is 1. The van der Waals surface area contributed by atoms with Gasteiger partial charge in [-0.3, -0.25) is 14.6 Å². The van der Waals surface area contributed by atoms with E-state index < -0.39 is 41.3 Å². The van der Waals surface area contributed by atoms with Crippen molar-refractivity contribution in [3.8, 4) is 0 Å². The molecule has 8 nitrogen and oxygen atoms in total. The molecule has 0 aromatic carbocycles. The summed E-state index contributed by atoms with van der Waals surface area (Å²) in [5.41, 5.74) is -5.53. The van der Waals surface area contributed by atoms with E-state index in [4.69, 9.17) is 5.11 Å². The molecule has 1 aromatic rings. The van der Waals surface area contributed by atoms with E-state index in [1.54, 1.807) is 4.98 Å². The van der Waals surface area contributed by atoms with Crippen molar-refractivity contribution < 1.29 is 27.9 Å². The number of aromatic nitrogens is 2. The molecule has 116 valence electrons. The summed E-state index contributed by atoms with van der Waals surface area (Å²) in [7, 11) is 0. The van der Waals surface area contributed by atoms with E-state index in [1.165, 1.54) is 5.32 Å². The summed E-state index contributed by atoms with van der Waals surface area (Å²) in [4.78, 5) is 47.9. The number of nitrogens with one attached hydrogen (secondary N) is 3. The molecule has 11 heteroatoms. The number of aromatic amines is 2. The maximum atomic E-state index is 12.7. The Kier molecular flexibility index (Phi) is 4.25. The van der Waals surface area contributed by atoms with Crippen LogP contribution in [0.15, 0.2) is 15.7 Å². The van der Waals surface area contributed by atoms with Gasteiger partial charge < -0.3 is 15.4 Å². The Morgan fingerprint density at radius 3 is 2.29 bits per heavy atom. The second kappa shape index (κ2) is 5.42. The molecule has 1 rings (SSSR count). The summed E-state index contributed by atoms with van der Waals surface area (Å²) < 4.78 is 38.0. The van der Waals surface area contributed by atoms with Crippen molar-refractivity contribution in [2.75, 3.05) is 0 Å². The molecule has 0 bridgehead atoms. The Labute approximate surface area is 114 Å². The Balaban J connectivity index is 2.97. The largest absolute Gasteiger partial charge is 0.479 e. The summed E-state index contributed by atoms with van der Waals surface area (Å²) in [5.74, 6) is -3.61. The van der Waals surface area contributed by atoms with Crippen LogP contribution < -0.4 is 16.6 Å². The average molecular weight is 309 g/mol. The van der Waals surface area contributed by atoms with Gasteiger partial charge in [0, 0.05) is 11.8 Å². The van der Waals surface area contributed by atoms with Crippen molar-refractivity contribution in [3.05, 3.63) is 32.6 Å². The number of halogens is 3. The van der Waals surface area contributed by atoms with E-state index >= 15 is 0 Å². The van der Waals surface area contributed by atoms with Crippen molar-refractivity contribution in [3.63, 3.8) is 0 Å². The van der Waals surface area contributed by atoms with Crippen LogP contribution in [0.5, 0.6) is 0 Å². The molecule has 0 radical (unpaired) electrons. The molecule has 4 N–H and O–H groups in total. The number of carboxylic acid groups (broad SMARTS) is 1. The number of rotatable bonds is 4. The van der Waals surface area contributed by atoms with Crippen LogP contribution in [0.25, 0.3) is 0 Å². The quantitative estimate of drug-likeness (QED) is 0.574. The molecular weight excluding hydrogens is 299 g/mol. The summed E-state index contributed by atoms with van der Waals surface area (Å²) >= 11 is 0. The van der Waals surface area contributed by atoms with Gasteiger partial charge in [0.1, 0.15) is 0 Å². The standard InChI is InChI=1S/C10H10F3N3O5/c1-9(7(19)20,10(11,12)13)16-6(18)3-4-2-5(17)15-8(21)14-4/h2H,3H2,1H3,(H,16,18)(H,19,20)(H2,14,15,17,21). The lowest BCUT2D eigenvalue weighted by molar-refractivity contribution is -0.206. The minimum absolute atomic E-state index is 0.254. The SMILES string of the molecule is CC(NC(=O)Cc1cc(=O)[nH]c(=O)[nH]1)(C(=O)O)C(F)(F)F. The first-order valence-electron chi connectivity index (χ1n) is 5.39. The van der Waals surface area contributed by atoms with Gasteiger partial charge in [-0.2, -0.15) is 13.2 Å². The maximum absolute atomic E-state index is 12.7. The second-order valence-corrected chi connectivity index (χ2v) is 4.27. The van der Waals surface area contributed by atoms with Crippen LogP contribution >= 0.6 is 0 Å².